The van der Waals surface area contributed by atoms with Gasteiger partial charge < -0.3 is 9.72 Å². The fraction of sp³-hybridized carbons (Fsp3) is 0.765. The molecule has 0 unspecified atom stereocenters. The molecule has 1 aromatic heterocycles. The van der Waals surface area contributed by atoms with E-state index in [-0.39, 0.29) is 5.60 Å². The van der Waals surface area contributed by atoms with Gasteiger partial charge in [-0.1, -0.05) is 33.0 Å². The van der Waals surface area contributed by atoms with Crippen LogP contribution in [0.4, 0.5) is 0 Å². The van der Waals surface area contributed by atoms with Crippen LogP contribution in [0.2, 0.25) is 0 Å². The molecule has 1 aromatic rings. The summed E-state index contributed by atoms with van der Waals surface area (Å²) in [6.45, 7) is 11.6. The molecule has 1 fully saturated rings. The fourth-order valence-corrected chi connectivity index (χ4v) is 3.69. The first-order chi connectivity index (χ1) is 9.83. The first-order valence-corrected chi connectivity index (χ1v) is 8.48. The number of aryl methyl sites for hydroxylation is 1. The molecule has 1 saturated carbocycles. The van der Waals surface area contributed by atoms with Crippen LogP contribution in [-0.2, 0) is 16.8 Å². The minimum absolute atomic E-state index is 0.283. The largest absolute Gasteiger partial charge is 0.367 e. The van der Waals surface area contributed by atoms with Crippen LogP contribution in [0.5, 0.6) is 0 Å². The van der Waals surface area contributed by atoms with Crippen LogP contribution in [0, 0.1) is 17.0 Å². The topological polar surface area (TPSA) is 37.9 Å². The maximum absolute atomic E-state index is 6.19. The summed E-state index contributed by atoms with van der Waals surface area (Å²) in [6, 6.07) is 0. The van der Waals surface area contributed by atoms with Crippen molar-refractivity contribution in [3.8, 4) is 0 Å². The Labute approximate surface area is 133 Å². The van der Waals surface area contributed by atoms with Crippen molar-refractivity contribution in [2.24, 2.45) is 5.41 Å². The van der Waals surface area contributed by atoms with Gasteiger partial charge in [-0.3, -0.25) is 0 Å². The highest BCUT2D eigenvalue weighted by Crippen LogP contribution is 2.46. The number of aromatic amines is 1. The van der Waals surface area contributed by atoms with Crippen molar-refractivity contribution in [3.05, 3.63) is 21.7 Å². The summed E-state index contributed by atoms with van der Waals surface area (Å²) in [5.41, 5.74) is 2.40. The molecule has 0 aromatic carbocycles. The SMILES string of the molecule is CCOC1(c2nc(=S)c(CC)c(C)[nH]2)CCC(C)(C)CC1. The lowest BCUT2D eigenvalue weighted by Crippen LogP contribution is -2.39. The Morgan fingerprint density at radius 1 is 1.19 bits per heavy atom. The van der Waals surface area contributed by atoms with Gasteiger partial charge in [-0.15, -0.1) is 0 Å². The fourth-order valence-electron chi connectivity index (χ4n) is 3.30. The minimum atomic E-state index is -0.283. The van der Waals surface area contributed by atoms with Gasteiger partial charge in [-0.25, -0.2) is 4.98 Å². The van der Waals surface area contributed by atoms with E-state index in [0.29, 0.717) is 12.0 Å². The highest BCUT2D eigenvalue weighted by Gasteiger charge is 2.42. The molecule has 0 saturated heterocycles. The van der Waals surface area contributed by atoms with Gasteiger partial charge in [-0.2, -0.15) is 0 Å². The van der Waals surface area contributed by atoms with Crippen molar-refractivity contribution >= 4 is 12.2 Å². The van der Waals surface area contributed by atoms with Crippen molar-refractivity contribution in [3.63, 3.8) is 0 Å². The van der Waals surface area contributed by atoms with E-state index in [0.717, 1.165) is 53.8 Å². The minimum Gasteiger partial charge on any atom is -0.367 e. The number of hydrogen-bond acceptors (Lipinski definition) is 3. The molecule has 0 spiro atoms. The summed E-state index contributed by atoms with van der Waals surface area (Å²) >= 11 is 5.49. The number of hydrogen-bond donors (Lipinski definition) is 1. The van der Waals surface area contributed by atoms with E-state index in [1.165, 1.54) is 0 Å². The standard InChI is InChI=1S/C17H28N2OS/c1-6-13-12(3)18-15(19-14(13)21)17(20-7-2)10-8-16(4,5)9-11-17/h6-11H2,1-5H3,(H,18,19,21). The highest BCUT2D eigenvalue weighted by molar-refractivity contribution is 7.71. The lowest BCUT2D eigenvalue weighted by atomic mass is 9.70. The average molecular weight is 308 g/mol. The van der Waals surface area contributed by atoms with Crippen LogP contribution in [0.15, 0.2) is 0 Å². The molecular formula is C17H28N2OS. The Bertz CT molecular complexity index is 552. The molecule has 1 heterocycles. The van der Waals surface area contributed by atoms with Crippen molar-refractivity contribution in [1.82, 2.24) is 9.97 Å². The summed E-state index contributed by atoms with van der Waals surface area (Å²) in [4.78, 5) is 8.19. The van der Waals surface area contributed by atoms with Gasteiger partial charge in [0.25, 0.3) is 0 Å². The van der Waals surface area contributed by atoms with E-state index in [1.54, 1.807) is 0 Å². The lowest BCUT2D eigenvalue weighted by molar-refractivity contribution is -0.0949. The molecule has 1 aliphatic carbocycles. The first-order valence-electron chi connectivity index (χ1n) is 8.08. The number of ether oxygens (including phenoxy) is 1. The van der Waals surface area contributed by atoms with Crippen LogP contribution in [0.25, 0.3) is 0 Å². The summed E-state index contributed by atoms with van der Waals surface area (Å²) in [5, 5.41) is 0. The number of aromatic nitrogens is 2. The summed E-state index contributed by atoms with van der Waals surface area (Å²) in [5.74, 6) is 0.930. The van der Waals surface area contributed by atoms with Gasteiger partial charge in [0.15, 0.2) is 0 Å². The average Bonchev–Trinajstić information content (AvgIpc) is 2.41. The molecule has 0 aliphatic heterocycles. The van der Waals surface area contributed by atoms with Crippen molar-refractivity contribution in [2.75, 3.05) is 6.61 Å². The number of rotatable bonds is 4. The Hall–Kier alpha value is -0.740. The van der Waals surface area contributed by atoms with Gasteiger partial charge >= 0.3 is 0 Å². The monoisotopic (exact) mass is 308 g/mol. The third-order valence-electron chi connectivity index (χ3n) is 4.85. The second-order valence-corrected chi connectivity index (χ2v) is 7.33. The predicted octanol–water partition coefficient (Wildman–Crippen LogP) is 4.84. The van der Waals surface area contributed by atoms with Crippen molar-refractivity contribution in [2.45, 2.75) is 72.3 Å². The molecule has 0 amide bonds. The number of nitrogens with zero attached hydrogens (tertiary/aromatic N) is 1. The Morgan fingerprint density at radius 3 is 2.29 bits per heavy atom. The van der Waals surface area contributed by atoms with E-state index in [1.807, 2.05) is 0 Å². The molecule has 0 atom stereocenters. The zero-order valence-corrected chi connectivity index (χ0v) is 14.8. The Morgan fingerprint density at radius 2 is 1.81 bits per heavy atom. The third-order valence-corrected chi connectivity index (χ3v) is 5.18. The number of H-pyrrole nitrogens is 1. The maximum Gasteiger partial charge on any atom is 0.140 e. The van der Waals surface area contributed by atoms with E-state index in [9.17, 15) is 0 Å². The zero-order valence-electron chi connectivity index (χ0n) is 14.0. The normalized spacial score (nSPS) is 20.4. The summed E-state index contributed by atoms with van der Waals surface area (Å²) < 4.78 is 6.92. The summed E-state index contributed by atoms with van der Waals surface area (Å²) in [7, 11) is 0. The van der Waals surface area contributed by atoms with E-state index in [2.05, 4.69) is 39.6 Å². The molecule has 0 radical (unpaired) electrons. The van der Waals surface area contributed by atoms with E-state index in [4.69, 9.17) is 21.9 Å². The van der Waals surface area contributed by atoms with Crippen LogP contribution in [-0.4, -0.2) is 16.6 Å². The van der Waals surface area contributed by atoms with Gasteiger partial charge in [0.1, 0.15) is 16.1 Å². The summed E-state index contributed by atoms with van der Waals surface area (Å²) in [6.07, 6.45) is 5.25. The van der Waals surface area contributed by atoms with Crippen LogP contribution >= 0.6 is 12.2 Å². The van der Waals surface area contributed by atoms with Gasteiger partial charge in [-0.05, 0) is 51.4 Å². The van der Waals surface area contributed by atoms with E-state index < -0.39 is 0 Å². The van der Waals surface area contributed by atoms with Gasteiger partial charge in [0.2, 0.25) is 0 Å². The zero-order chi connectivity index (χ0) is 15.7. The number of nitrogens with one attached hydrogen (secondary N) is 1. The first kappa shape index (κ1) is 16.6. The quantitative estimate of drug-likeness (QED) is 0.809. The predicted molar refractivity (Wildman–Crippen MR) is 89.1 cm³/mol. The Kier molecular flexibility index (Phi) is 4.89. The molecule has 2 rings (SSSR count). The molecule has 21 heavy (non-hydrogen) atoms. The molecule has 3 nitrogen and oxygen atoms in total. The van der Waals surface area contributed by atoms with Crippen molar-refractivity contribution < 1.29 is 4.74 Å². The van der Waals surface area contributed by atoms with Crippen molar-refractivity contribution in [1.29, 1.82) is 0 Å². The second kappa shape index (κ2) is 6.17. The Balaban J connectivity index is 2.42. The molecule has 0 bridgehead atoms. The smallest absolute Gasteiger partial charge is 0.140 e. The van der Waals surface area contributed by atoms with Crippen LogP contribution in [0.1, 0.15) is 70.5 Å². The van der Waals surface area contributed by atoms with Gasteiger partial charge in [0.05, 0.1) is 0 Å². The third kappa shape index (κ3) is 3.37. The van der Waals surface area contributed by atoms with E-state index >= 15 is 0 Å². The maximum atomic E-state index is 6.19. The second-order valence-electron chi connectivity index (χ2n) is 6.94. The molecule has 118 valence electrons. The highest BCUT2D eigenvalue weighted by atomic mass is 32.1. The van der Waals surface area contributed by atoms with Crippen LogP contribution in [0.3, 0.4) is 0 Å². The van der Waals surface area contributed by atoms with Gasteiger partial charge in [0, 0.05) is 17.9 Å². The lowest BCUT2D eigenvalue weighted by Gasteiger charge is -2.42. The molecule has 1 N–H and O–H groups in total. The molecule has 4 heteroatoms. The van der Waals surface area contributed by atoms with Crippen LogP contribution < -0.4 is 0 Å². The molecular weight excluding hydrogens is 280 g/mol. The molecule has 1 aliphatic rings.